The van der Waals surface area contributed by atoms with Crippen molar-refractivity contribution >= 4 is 0 Å². The van der Waals surface area contributed by atoms with Gasteiger partial charge in [-0.3, -0.25) is 0 Å². The molecule has 0 aromatic heterocycles. The van der Waals surface area contributed by atoms with Gasteiger partial charge in [0.1, 0.15) is 0 Å². The van der Waals surface area contributed by atoms with Crippen LogP contribution in [0.2, 0.25) is 0 Å². The second-order valence-corrected chi connectivity index (χ2v) is 2.02. The van der Waals surface area contributed by atoms with Gasteiger partial charge in [0, 0.05) is 13.1 Å². The molecular formula is C4H7F3N2. The van der Waals surface area contributed by atoms with Crippen LogP contribution >= 0.6 is 0 Å². The minimum atomic E-state index is -3.39. The number of hydrogen-bond donors (Lipinski definition) is 0. The molecule has 2 nitrogen and oxygen atoms in total. The van der Waals surface area contributed by atoms with Crippen LogP contribution in [0.15, 0.2) is 0 Å². The minimum Gasteiger partial charge on any atom is -0.230 e. The van der Waals surface area contributed by atoms with Gasteiger partial charge in [-0.05, 0) is 7.05 Å². The van der Waals surface area contributed by atoms with Crippen LogP contribution in [0.3, 0.4) is 0 Å². The summed E-state index contributed by atoms with van der Waals surface area (Å²) in [5.74, 6) is 0. The molecule has 1 aliphatic rings. The van der Waals surface area contributed by atoms with Crippen LogP contribution in [0.5, 0.6) is 0 Å². The van der Waals surface area contributed by atoms with E-state index in [0.29, 0.717) is 4.90 Å². The molecule has 9 heavy (non-hydrogen) atoms. The van der Waals surface area contributed by atoms with Crippen molar-refractivity contribution in [1.29, 1.82) is 0 Å². The molecule has 0 spiro atoms. The molecule has 1 saturated heterocycles. The molecule has 0 amide bonds. The van der Waals surface area contributed by atoms with Crippen LogP contribution in [0, 0.1) is 0 Å². The maximum absolute atomic E-state index is 12.2. The lowest BCUT2D eigenvalue weighted by atomic mass is 10.7. The van der Waals surface area contributed by atoms with Crippen molar-refractivity contribution in [2.24, 2.45) is 0 Å². The van der Waals surface area contributed by atoms with Gasteiger partial charge in [0.25, 0.3) is 0 Å². The molecular weight excluding hydrogens is 133 g/mol. The molecule has 0 atom stereocenters. The Morgan fingerprint density at radius 3 is 2.00 bits per heavy atom. The van der Waals surface area contributed by atoms with Gasteiger partial charge in [-0.1, -0.05) is 5.12 Å². The van der Waals surface area contributed by atoms with Crippen LogP contribution in [-0.2, 0) is 0 Å². The second kappa shape index (κ2) is 1.85. The third-order valence-corrected chi connectivity index (χ3v) is 1.38. The van der Waals surface area contributed by atoms with E-state index in [-0.39, 0.29) is 13.1 Å². The van der Waals surface area contributed by atoms with E-state index in [4.69, 9.17) is 0 Å². The Hall–Kier alpha value is -0.290. The highest BCUT2D eigenvalue weighted by molar-refractivity contribution is 4.71. The molecule has 0 bridgehead atoms. The molecule has 0 saturated carbocycles. The van der Waals surface area contributed by atoms with Crippen molar-refractivity contribution < 1.29 is 13.3 Å². The van der Waals surface area contributed by atoms with Gasteiger partial charge in [0.15, 0.2) is 0 Å². The molecule has 1 rings (SSSR count). The zero-order valence-electron chi connectivity index (χ0n) is 4.94. The second-order valence-electron chi connectivity index (χ2n) is 2.02. The van der Waals surface area contributed by atoms with Crippen LogP contribution in [0.4, 0.5) is 13.3 Å². The average Bonchev–Trinajstić information content (AvgIpc) is 1.96. The molecule has 54 valence electrons. The molecule has 1 aliphatic heterocycles. The van der Waals surface area contributed by atoms with Gasteiger partial charge in [0.2, 0.25) is 0 Å². The summed E-state index contributed by atoms with van der Waals surface area (Å²) in [6.45, 7) is -0.146. The topological polar surface area (TPSA) is 6.48 Å². The fourth-order valence-electron chi connectivity index (χ4n) is 0.692. The quantitative estimate of drug-likeness (QED) is 0.360. The summed E-state index contributed by atoms with van der Waals surface area (Å²) >= 11 is 0. The SMILES string of the molecule is CN1CCN(F)C1(F)F. The van der Waals surface area contributed by atoms with Crippen molar-refractivity contribution in [2.45, 2.75) is 6.17 Å². The summed E-state index contributed by atoms with van der Waals surface area (Å²) in [7, 11) is 1.18. The molecule has 0 N–H and O–H groups in total. The lowest BCUT2D eigenvalue weighted by Gasteiger charge is -2.19. The number of rotatable bonds is 0. The highest BCUT2D eigenvalue weighted by atomic mass is 19.3. The largest absolute Gasteiger partial charge is 0.394 e. The van der Waals surface area contributed by atoms with E-state index in [0.717, 1.165) is 0 Å². The van der Waals surface area contributed by atoms with Crippen molar-refractivity contribution in [1.82, 2.24) is 10.0 Å². The van der Waals surface area contributed by atoms with E-state index in [2.05, 4.69) is 0 Å². The number of halogens is 3. The van der Waals surface area contributed by atoms with Crippen molar-refractivity contribution in [3.8, 4) is 0 Å². The Kier molecular flexibility index (Phi) is 1.40. The van der Waals surface area contributed by atoms with Crippen molar-refractivity contribution in [3.63, 3.8) is 0 Å². The summed E-state index contributed by atoms with van der Waals surface area (Å²) in [4.78, 5) is 0.660. The Bertz CT molecular complexity index is 104. The molecule has 0 aliphatic carbocycles. The first kappa shape index (κ1) is 6.82. The zero-order chi connectivity index (χ0) is 7.07. The van der Waals surface area contributed by atoms with Gasteiger partial charge >= 0.3 is 6.17 Å². The predicted octanol–water partition coefficient (Wildman–Crippen LogP) is 0.669. The van der Waals surface area contributed by atoms with E-state index < -0.39 is 11.3 Å². The normalized spacial score (nSPS) is 29.3. The standard InChI is InChI=1S/C4H7F3N2/c1-8-2-3-9(7)4(8,5)6/h2-3H2,1H3. The Labute approximate surface area is 50.8 Å². The Morgan fingerprint density at radius 1 is 1.33 bits per heavy atom. The van der Waals surface area contributed by atoms with Crippen LogP contribution < -0.4 is 0 Å². The fraction of sp³-hybridized carbons (Fsp3) is 1.00. The molecule has 0 radical (unpaired) electrons. The predicted molar refractivity (Wildman–Crippen MR) is 25.4 cm³/mol. The average molecular weight is 140 g/mol. The van der Waals surface area contributed by atoms with Gasteiger partial charge < -0.3 is 0 Å². The van der Waals surface area contributed by atoms with E-state index in [1.165, 1.54) is 7.05 Å². The Morgan fingerprint density at radius 2 is 1.89 bits per heavy atom. The molecule has 0 aromatic carbocycles. The third kappa shape index (κ3) is 0.900. The molecule has 0 unspecified atom stereocenters. The molecule has 1 fully saturated rings. The lowest BCUT2D eigenvalue weighted by molar-refractivity contribution is -0.267. The summed E-state index contributed by atoms with van der Waals surface area (Å²) in [5, 5.41) is -0.465. The minimum absolute atomic E-state index is 0.0729. The first-order valence-electron chi connectivity index (χ1n) is 2.57. The maximum atomic E-state index is 12.2. The summed E-state index contributed by atoms with van der Waals surface area (Å²) in [6.07, 6.45) is -3.39. The highest BCUT2D eigenvalue weighted by Gasteiger charge is 2.47. The number of alkyl halides is 2. The first-order chi connectivity index (χ1) is 4.05. The van der Waals surface area contributed by atoms with Crippen LogP contribution in [0.1, 0.15) is 0 Å². The lowest BCUT2D eigenvalue weighted by Crippen LogP contribution is -2.39. The number of hydrogen-bond acceptors (Lipinski definition) is 2. The van der Waals surface area contributed by atoms with E-state index >= 15 is 0 Å². The molecule has 5 heteroatoms. The summed E-state index contributed by atoms with van der Waals surface area (Å²) in [6, 6.07) is 0. The smallest absolute Gasteiger partial charge is 0.230 e. The van der Waals surface area contributed by atoms with Crippen molar-refractivity contribution in [2.75, 3.05) is 20.1 Å². The van der Waals surface area contributed by atoms with E-state index in [1.54, 1.807) is 0 Å². The maximum Gasteiger partial charge on any atom is 0.394 e. The first-order valence-corrected chi connectivity index (χ1v) is 2.57. The van der Waals surface area contributed by atoms with Crippen LogP contribution in [0.25, 0.3) is 0 Å². The van der Waals surface area contributed by atoms with Gasteiger partial charge in [0.05, 0.1) is 0 Å². The van der Waals surface area contributed by atoms with Crippen molar-refractivity contribution in [3.05, 3.63) is 0 Å². The molecule has 0 aromatic rings. The van der Waals surface area contributed by atoms with Gasteiger partial charge in [-0.2, -0.15) is 8.78 Å². The van der Waals surface area contributed by atoms with Gasteiger partial charge in [-0.25, -0.2) is 4.90 Å². The fourth-order valence-corrected chi connectivity index (χ4v) is 0.692. The molecule has 1 heterocycles. The summed E-state index contributed by atoms with van der Waals surface area (Å²) < 4.78 is 36.4. The zero-order valence-corrected chi connectivity index (χ0v) is 4.94. The number of likely N-dealkylation sites (N-methyl/N-ethyl adjacent to an activating group) is 1. The number of nitrogens with zero attached hydrogens (tertiary/aromatic N) is 2. The third-order valence-electron chi connectivity index (χ3n) is 1.38. The Balaban J connectivity index is 2.66. The highest BCUT2D eigenvalue weighted by Crippen LogP contribution is 2.27. The van der Waals surface area contributed by atoms with Gasteiger partial charge in [-0.15, -0.1) is 4.48 Å². The monoisotopic (exact) mass is 140 g/mol. The summed E-state index contributed by atoms with van der Waals surface area (Å²) in [5.41, 5.74) is 0. The van der Waals surface area contributed by atoms with Crippen LogP contribution in [-0.4, -0.2) is 36.3 Å². The van der Waals surface area contributed by atoms with E-state index in [9.17, 15) is 13.3 Å². The van der Waals surface area contributed by atoms with E-state index in [1.807, 2.05) is 0 Å².